The molecule has 25 heavy (non-hydrogen) atoms. The molecule has 4 N–H and O–H groups in total. The van der Waals surface area contributed by atoms with Crippen molar-refractivity contribution < 1.29 is 19.5 Å². The zero-order valence-electron chi connectivity index (χ0n) is 13.5. The molecule has 0 bridgehead atoms. The van der Waals surface area contributed by atoms with Gasteiger partial charge in [0.25, 0.3) is 17.4 Å². The van der Waals surface area contributed by atoms with E-state index < -0.39 is 28.8 Å². The molecule has 0 saturated heterocycles. The van der Waals surface area contributed by atoms with Crippen LogP contribution in [0.25, 0.3) is 5.69 Å². The van der Waals surface area contributed by atoms with Gasteiger partial charge in [0, 0.05) is 6.07 Å². The molecule has 0 radical (unpaired) electrons. The third-order valence-electron chi connectivity index (χ3n) is 4.34. The van der Waals surface area contributed by atoms with Gasteiger partial charge < -0.3 is 10.8 Å². The summed E-state index contributed by atoms with van der Waals surface area (Å²) in [6.07, 6.45) is 0. The number of imide groups is 1. The topological polar surface area (TPSA) is 131 Å². The normalized spacial score (nSPS) is 13.5. The number of nitrogen functional groups attached to an aromatic ring is 1. The molecule has 1 aromatic carbocycles. The molecular weight excluding hydrogens is 326 g/mol. The second kappa shape index (κ2) is 5.30. The number of hydrogen-bond acceptors (Lipinski definition) is 5. The molecule has 1 aliphatic heterocycles. The Kier molecular flexibility index (Phi) is 3.49. The molecule has 1 aliphatic rings. The molecule has 0 saturated carbocycles. The van der Waals surface area contributed by atoms with Gasteiger partial charge in [-0.2, -0.15) is 0 Å². The van der Waals surface area contributed by atoms with Crippen LogP contribution in [0, 0.1) is 0 Å². The van der Waals surface area contributed by atoms with Crippen LogP contribution >= 0.6 is 0 Å². The first-order valence-corrected chi connectivity index (χ1v) is 7.40. The Hall–Kier alpha value is -3.42. The number of aliphatic carboxylic acids is 1. The first-order valence-electron chi connectivity index (χ1n) is 7.40. The van der Waals surface area contributed by atoms with E-state index in [1.165, 1.54) is 0 Å². The van der Waals surface area contributed by atoms with Gasteiger partial charge in [-0.15, -0.1) is 0 Å². The van der Waals surface area contributed by atoms with E-state index in [2.05, 4.69) is 5.32 Å². The molecule has 3 rings (SSSR count). The van der Waals surface area contributed by atoms with E-state index in [1.807, 2.05) is 0 Å². The summed E-state index contributed by atoms with van der Waals surface area (Å²) in [7, 11) is 0. The highest BCUT2D eigenvalue weighted by Gasteiger charge is 2.32. The number of fused-ring (bicyclic) bond motifs is 1. The summed E-state index contributed by atoms with van der Waals surface area (Å²) < 4.78 is 1.11. The number of amides is 2. The van der Waals surface area contributed by atoms with Crippen molar-refractivity contribution in [2.75, 3.05) is 5.73 Å². The predicted molar refractivity (Wildman–Crippen MR) is 88.9 cm³/mol. The molecule has 0 spiro atoms. The Morgan fingerprint density at radius 2 is 1.72 bits per heavy atom. The summed E-state index contributed by atoms with van der Waals surface area (Å²) in [6, 6.07) is 7.29. The molecule has 128 valence electrons. The standard InChI is InChI=1S/C17H15N3O5/c1-17(2,16(24)25)8-3-5-9(6-4-8)20-11(21)7-10-12(13(20)18)15(23)19-14(10)22/h3-7H,18H2,1-2H3,(H,24,25)(H,19,22,23). The van der Waals surface area contributed by atoms with E-state index >= 15 is 0 Å². The summed E-state index contributed by atoms with van der Waals surface area (Å²) in [5, 5.41) is 11.4. The summed E-state index contributed by atoms with van der Waals surface area (Å²) >= 11 is 0. The SMILES string of the molecule is CC(C)(C(=O)O)c1ccc(-n2c(N)c3c(cc2=O)C(=O)NC3=O)cc1. The molecule has 2 aromatic rings. The minimum atomic E-state index is -1.10. The Morgan fingerprint density at radius 3 is 2.28 bits per heavy atom. The predicted octanol–water partition coefficient (Wildman–Crippen LogP) is 0.665. The minimum Gasteiger partial charge on any atom is -0.481 e. The van der Waals surface area contributed by atoms with E-state index in [1.54, 1.807) is 38.1 Å². The number of carbonyl (C=O) groups is 3. The second-order valence-corrected chi connectivity index (χ2v) is 6.25. The molecule has 2 heterocycles. The fraction of sp³-hybridized carbons (Fsp3) is 0.176. The van der Waals surface area contributed by atoms with Crippen molar-refractivity contribution in [3.05, 3.63) is 57.4 Å². The molecule has 1 aromatic heterocycles. The van der Waals surface area contributed by atoms with Gasteiger partial charge in [-0.1, -0.05) is 12.1 Å². The maximum atomic E-state index is 12.3. The summed E-state index contributed by atoms with van der Waals surface area (Å²) in [4.78, 5) is 47.2. The molecule has 8 nitrogen and oxygen atoms in total. The summed E-state index contributed by atoms with van der Waals surface area (Å²) in [5.41, 5.74) is 5.10. The number of nitrogens with two attached hydrogens (primary N) is 1. The van der Waals surface area contributed by atoms with Crippen LogP contribution in [-0.2, 0) is 10.2 Å². The largest absolute Gasteiger partial charge is 0.481 e. The lowest BCUT2D eigenvalue weighted by molar-refractivity contribution is -0.142. The molecule has 2 amide bonds. The minimum absolute atomic E-state index is 0.0421. The zero-order valence-corrected chi connectivity index (χ0v) is 13.5. The number of rotatable bonds is 3. The summed E-state index contributed by atoms with van der Waals surface area (Å²) in [6.45, 7) is 3.13. The molecule has 8 heteroatoms. The van der Waals surface area contributed by atoms with E-state index in [0.717, 1.165) is 10.6 Å². The number of carboxylic acid groups (broad SMARTS) is 1. The van der Waals surface area contributed by atoms with Gasteiger partial charge in [0.1, 0.15) is 5.82 Å². The number of aromatic nitrogens is 1. The van der Waals surface area contributed by atoms with Gasteiger partial charge in [0.05, 0.1) is 22.2 Å². The van der Waals surface area contributed by atoms with Crippen LogP contribution in [0.4, 0.5) is 5.82 Å². The van der Waals surface area contributed by atoms with Crippen LogP contribution in [0.3, 0.4) is 0 Å². The van der Waals surface area contributed by atoms with Gasteiger partial charge >= 0.3 is 5.97 Å². The highest BCUT2D eigenvalue weighted by molar-refractivity contribution is 6.23. The van der Waals surface area contributed by atoms with Crippen molar-refractivity contribution in [2.24, 2.45) is 0 Å². The number of anilines is 1. The Bertz CT molecular complexity index is 987. The Balaban J connectivity index is 2.14. The third-order valence-corrected chi connectivity index (χ3v) is 4.34. The molecule has 0 atom stereocenters. The highest BCUT2D eigenvalue weighted by Crippen LogP contribution is 2.26. The van der Waals surface area contributed by atoms with Crippen LogP contribution in [0.5, 0.6) is 0 Å². The lowest BCUT2D eigenvalue weighted by Crippen LogP contribution is -2.28. The van der Waals surface area contributed by atoms with Crippen LogP contribution in [0.15, 0.2) is 35.1 Å². The van der Waals surface area contributed by atoms with Gasteiger partial charge in [-0.25, -0.2) is 0 Å². The number of benzene rings is 1. The van der Waals surface area contributed by atoms with Crippen LogP contribution < -0.4 is 16.6 Å². The maximum absolute atomic E-state index is 12.3. The van der Waals surface area contributed by atoms with Gasteiger partial charge in [-0.05, 0) is 31.5 Å². The number of pyridine rings is 1. The monoisotopic (exact) mass is 341 g/mol. The maximum Gasteiger partial charge on any atom is 0.313 e. The Morgan fingerprint density at radius 1 is 1.12 bits per heavy atom. The number of nitrogens with zero attached hydrogens (tertiary/aromatic N) is 1. The fourth-order valence-electron chi connectivity index (χ4n) is 2.70. The number of carboxylic acids is 1. The first kappa shape index (κ1) is 16.4. The van der Waals surface area contributed by atoms with E-state index in [4.69, 9.17) is 5.73 Å². The zero-order chi connectivity index (χ0) is 18.5. The molecular formula is C17H15N3O5. The lowest BCUT2D eigenvalue weighted by atomic mass is 9.85. The third kappa shape index (κ3) is 2.38. The number of nitrogens with one attached hydrogen (secondary N) is 1. The molecule has 0 aliphatic carbocycles. The van der Waals surface area contributed by atoms with Crippen molar-refractivity contribution >= 4 is 23.6 Å². The first-order chi connectivity index (χ1) is 11.6. The average molecular weight is 341 g/mol. The van der Waals surface area contributed by atoms with Crippen LogP contribution in [0.1, 0.15) is 40.1 Å². The van der Waals surface area contributed by atoms with E-state index in [0.29, 0.717) is 11.3 Å². The van der Waals surface area contributed by atoms with E-state index in [-0.39, 0.29) is 16.9 Å². The van der Waals surface area contributed by atoms with Gasteiger partial charge in [0.15, 0.2) is 0 Å². The number of hydrogen-bond donors (Lipinski definition) is 3. The second-order valence-electron chi connectivity index (χ2n) is 6.25. The highest BCUT2D eigenvalue weighted by atomic mass is 16.4. The number of carbonyl (C=O) groups excluding carboxylic acids is 2. The van der Waals surface area contributed by atoms with Crippen molar-refractivity contribution in [2.45, 2.75) is 19.3 Å². The van der Waals surface area contributed by atoms with Crippen molar-refractivity contribution in [1.29, 1.82) is 0 Å². The summed E-state index contributed by atoms with van der Waals surface area (Å²) in [5.74, 6) is -2.44. The van der Waals surface area contributed by atoms with Gasteiger partial charge in [-0.3, -0.25) is 29.1 Å². The smallest absolute Gasteiger partial charge is 0.313 e. The quantitative estimate of drug-likeness (QED) is 0.703. The average Bonchev–Trinajstić information content (AvgIpc) is 2.82. The lowest BCUT2D eigenvalue weighted by Gasteiger charge is -2.20. The van der Waals surface area contributed by atoms with Crippen molar-refractivity contribution in [3.8, 4) is 5.69 Å². The van der Waals surface area contributed by atoms with Crippen LogP contribution in [-0.4, -0.2) is 27.5 Å². The van der Waals surface area contributed by atoms with E-state index in [9.17, 15) is 24.3 Å². The Labute approximate surface area is 141 Å². The molecule has 0 fully saturated rings. The van der Waals surface area contributed by atoms with Crippen molar-refractivity contribution in [1.82, 2.24) is 9.88 Å². The van der Waals surface area contributed by atoms with Gasteiger partial charge in [0.2, 0.25) is 0 Å². The molecule has 0 unspecified atom stereocenters. The fourth-order valence-corrected chi connectivity index (χ4v) is 2.70. The van der Waals surface area contributed by atoms with Crippen molar-refractivity contribution in [3.63, 3.8) is 0 Å². The van der Waals surface area contributed by atoms with Crippen LogP contribution in [0.2, 0.25) is 0 Å².